The topological polar surface area (TPSA) is 112 Å². The van der Waals surface area contributed by atoms with E-state index in [0.717, 1.165) is 43.7 Å². The molecule has 2 aromatic carbocycles. The van der Waals surface area contributed by atoms with Crippen molar-refractivity contribution in [1.29, 1.82) is 5.26 Å². The van der Waals surface area contributed by atoms with Gasteiger partial charge in [-0.15, -0.1) is 0 Å². The number of hydrogen-bond donors (Lipinski definition) is 2. The minimum atomic E-state index is -0.611. The molecular formula is C25H26FN7O. The zero-order valence-corrected chi connectivity index (χ0v) is 19.2. The molecule has 2 heterocycles. The largest absolute Gasteiger partial charge is 0.480 e. The van der Waals surface area contributed by atoms with Gasteiger partial charge in [-0.25, -0.2) is 9.37 Å². The van der Waals surface area contributed by atoms with Gasteiger partial charge in [-0.2, -0.15) is 10.2 Å². The fraction of sp³-hybridized carbons (Fsp3) is 0.280. The molecule has 0 spiro atoms. The van der Waals surface area contributed by atoms with Crippen LogP contribution in [0.2, 0.25) is 0 Å². The maximum Gasteiger partial charge on any atom is 0.229 e. The Kier molecular flexibility index (Phi) is 6.99. The number of methoxy groups -OCH3 is 1. The third kappa shape index (κ3) is 4.67. The van der Waals surface area contributed by atoms with Crippen LogP contribution in [-0.4, -0.2) is 56.5 Å². The quantitative estimate of drug-likeness (QED) is 0.445. The van der Waals surface area contributed by atoms with E-state index in [1.807, 2.05) is 18.2 Å². The summed E-state index contributed by atoms with van der Waals surface area (Å²) in [5, 5.41) is 12.5. The predicted molar refractivity (Wildman–Crippen MR) is 132 cm³/mol. The number of halogens is 1. The highest BCUT2D eigenvalue weighted by Crippen LogP contribution is 2.39. The molecule has 0 aliphatic carbocycles. The summed E-state index contributed by atoms with van der Waals surface area (Å²) in [6.07, 6.45) is 2.62. The third-order valence-electron chi connectivity index (χ3n) is 5.69. The maximum absolute atomic E-state index is 14.6. The van der Waals surface area contributed by atoms with Gasteiger partial charge in [0.15, 0.2) is 0 Å². The summed E-state index contributed by atoms with van der Waals surface area (Å²) in [7, 11) is 3.22. The van der Waals surface area contributed by atoms with E-state index in [4.69, 9.17) is 20.4 Å². The van der Waals surface area contributed by atoms with E-state index in [9.17, 15) is 9.65 Å². The molecule has 3 N–H and O–H groups in total. The summed E-state index contributed by atoms with van der Waals surface area (Å²) >= 11 is 0. The number of nitrogens with two attached hydrogens (primary N) is 1. The second-order valence-corrected chi connectivity index (χ2v) is 7.88. The molecule has 0 bridgehead atoms. The Morgan fingerprint density at radius 3 is 2.74 bits per heavy atom. The van der Waals surface area contributed by atoms with Crippen LogP contribution >= 0.6 is 0 Å². The van der Waals surface area contributed by atoms with Gasteiger partial charge in [0.2, 0.25) is 11.8 Å². The van der Waals surface area contributed by atoms with Crippen LogP contribution in [0.3, 0.4) is 0 Å². The Balaban J connectivity index is 1.96. The normalized spacial score (nSPS) is 14.1. The van der Waals surface area contributed by atoms with Crippen LogP contribution in [-0.2, 0) is 0 Å². The minimum absolute atomic E-state index is 0.0286. The number of aromatic nitrogens is 2. The van der Waals surface area contributed by atoms with Gasteiger partial charge in [-0.1, -0.05) is 12.1 Å². The number of nitrogens with zero attached hydrogens (tertiary/aromatic N) is 5. The molecule has 9 heteroatoms. The summed E-state index contributed by atoms with van der Waals surface area (Å²) in [6.45, 7) is 3.26. The van der Waals surface area contributed by atoms with Gasteiger partial charge in [0, 0.05) is 49.7 Å². The first kappa shape index (κ1) is 23.1. The molecule has 1 aliphatic heterocycles. The molecule has 8 nitrogen and oxygen atoms in total. The fourth-order valence-electron chi connectivity index (χ4n) is 3.97. The van der Waals surface area contributed by atoms with Crippen LogP contribution < -0.4 is 20.7 Å². The molecule has 4 rings (SSSR count). The number of aliphatic imine (C=N–C) groups is 1. The number of rotatable bonds is 5. The minimum Gasteiger partial charge on any atom is -0.480 e. The van der Waals surface area contributed by atoms with Crippen LogP contribution in [0, 0.1) is 17.1 Å². The SMILES string of the molecule is CN=Cc1cc(-c2c(OC)nc(N3CCCNCC3)nc2-c2ccc(C#N)c(F)c2)ccc1N. The monoisotopic (exact) mass is 459 g/mol. The summed E-state index contributed by atoms with van der Waals surface area (Å²) in [5.74, 6) is 0.265. The first-order valence-corrected chi connectivity index (χ1v) is 11.0. The number of ether oxygens (including phenoxy) is 1. The van der Waals surface area contributed by atoms with Crippen molar-refractivity contribution in [2.45, 2.75) is 6.42 Å². The summed E-state index contributed by atoms with van der Waals surface area (Å²) in [6, 6.07) is 11.8. The van der Waals surface area contributed by atoms with E-state index < -0.39 is 5.82 Å². The van der Waals surface area contributed by atoms with Crippen LogP contribution in [0.1, 0.15) is 17.5 Å². The lowest BCUT2D eigenvalue weighted by Crippen LogP contribution is -2.29. The molecule has 1 aromatic heterocycles. The maximum atomic E-state index is 14.6. The third-order valence-corrected chi connectivity index (χ3v) is 5.69. The lowest BCUT2D eigenvalue weighted by molar-refractivity contribution is 0.399. The molecule has 3 aromatic rings. The van der Waals surface area contributed by atoms with Gasteiger partial charge < -0.3 is 20.7 Å². The number of anilines is 2. The molecule has 34 heavy (non-hydrogen) atoms. The lowest BCUT2D eigenvalue weighted by Gasteiger charge is -2.23. The van der Waals surface area contributed by atoms with Crippen molar-refractivity contribution >= 4 is 17.9 Å². The van der Waals surface area contributed by atoms with Crippen molar-refractivity contribution in [3.05, 3.63) is 53.3 Å². The zero-order valence-electron chi connectivity index (χ0n) is 19.2. The molecule has 1 aliphatic rings. The summed E-state index contributed by atoms with van der Waals surface area (Å²) in [4.78, 5) is 15.8. The summed E-state index contributed by atoms with van der Waals surface area (Å²) < 4.78 is 20.4. The Bertz CT molecular complexity index is 1260. The highest BCUT2D eigenvalue weighted by molar-refractivity contribution is 5.92. The molecule has 0 radical (unpaired) electrons. The molecule has 0 saturated carbocycles. The molecular weight excluding hydrogens is 433 g/mol. The van der Waals surface area contributed by atoms with Gasteiger partial charge in [-0.3, -0.25) is 4.99 Å². The van der Waals surface area contributed by atoms with Crippen molar-refractivity contribution in [2.75, 3.05) is 51.0 Å². The fourth-order valence-corrected chi connectivity index (χ4v) is 3.97. The molecule has 0 atom stereocenters. The van der Waals surface area contributed by atoms with Gasteiger partial charge in [0.25, 0.3) is 0 Å². The van der Waals surface area contributed by atoms with E-state index in [-0.39, 0.29) is 5.56 Å². The number of nitrogen functional groups attached to an aromatic ring is 1. The van der Waals surface area contributed by atoms with E-state index in [0.29, 0.717) is 34.3 Å². The summed E-state index contributed by atoms with van der Waals surface area (Å²) in [5.41, 5.74) is 9.79. The van der Waals surface area contributed by atoms with Crippen LogP contribution in [0.25, 0.3) is 22.4 Å². The Labute approximate surface area is 197 Å². The molecule has 1 fully saturated rings. The van der Waals surface area contributed by atoms with Crippen molar-refractivity contribution in [3.63, 3.8) is 0 Å². The Morgan fingerprint density at radius 1 is 1.18 bits per heavy atom. The number of nitriles is 1. The van der Waals surface area contributed by atoms with E-state index >= 15 is 0 Å². The standard InChI is InChI=1S/C25H26FN7O/c1-29-15-19-12-16(6-7-21(19)28)22-23(17-4-5-18(14-27)20(26)13-17)31-25(32-24(22)34-2)33-10-3-8-30-9-11-33/h4-7,12-13,15,30H,3,8-11,28H2,1-2H3. The van der Waals surface area contributed by atoms with E-state index in [1.54, 1.807) is 32.5 Å². The smallest absolute Gasteiger partial charge is 0.229 e. The van der Waals surface area contributed by atoms with Crippen LogP contribution in [0.4, 0.5) is 16.0 Å². The number of nitrogens with one attached hydrogen (secondary N) is 1. The van der Waals surface area contributed by atoms with Crippen LogP contribution in [0.5, 0.6) is 5.88 Å². The van der Waals surface area contributed by atoms with Crippen molar-refractivity contribution < 1.29 is 9.13 Å². The second kappa shape index (κ2) is 10.3. The second-order valence-electron chi connectivity index (χ2n) is 7.88. The van der Waals surface area contributed by atoms with Gasteiger partial charge in [0.1, 0.15) is 11.9 Å². The number of benzene rings is 2. The predicted octanol–water partition coefficient (Wildman–Crippen LogP) is 3.26. The molecule has 0 amide bonds. The van der Waals surface area contributed by atoms with Crippen molar-refractivity contribution in [3.8, 4) is 34.3 Å². The molecule has 0 unspecified atom stereocenters. The average molecular weight is 460 g/mol. The van der Waals surface area contributed by atoms with Gasteiger partial charge >= 0.3 is 0 Å². The van der Waals surface area contributed by atoms with Gasteiger partial charge in [-0.05, 0) is 42.8 Å². The Morgan fingerprint density at radius 2 is 2.00 bits per heavy atom. The van der Waals surface area contributed by atoms with Crippen molar-refractivity contribution in [1.82, 2.24) is 15.3 Å². The average Bonchev–Trinajstić information content (AvgIpc) is 3.14. The molecule has 1 saturated heterocycles. The number of hydrogen-bond acceptors (Lipinski definition) is 8. The lowest BCUT2D eigenvalue weighted by atomic mass is 9.97. The first-order valence-electron chi connectivity index (χ1n) is 11.0. The highest BCUT2D eigenvalue weighted by atomic mass is 19.1. The van der Waals surface area contributed by atoms with E-state index in [2.05, 4.69) is 15.2 Å². The highest BCUT2D eigenvalue weighted by Gasteiger charge is 2.23. The zero-order chi connectivity index (χ0) is 24.1. The van der Waals surface area contributed by atoms with Crippen LogP contribution in [0.15, 0.2) is 41.4 Å². The first-order chi connectivity index (χ1) is 16.5. The molecule has 174 valence electrons. The van der Waals surface area contributed by atoms with E-state index in [1.165, 1.54) is 12.1 Å². The van der Waals surface area contributed by atoms with Gasteiger partial charge in [0.05, 0.1) is 23.9 Å². The van der Waals surface area contributed by atoms with Crippen molar-refractivity contribution in [2.24, 2.45) is 4.99 Å². The Hall–Kier alpha value is -4.03.